The molecule has 2 rings (SSSR count). The molecule has 1 aliphatic heterocycles. The van der Waals surface area contributed by atoms with Crippen molar-refractivity contribution in [2.75, 3.05) is 20.1 Å². The van der Waals surface area contributed by atoms with Gasteiger partial charge in [-0.25, -0.2) is 4.39 Å². The number of rotatable bonds is 9. The number of unbranched alkanes of at least 4 members (excludes halogenated alkanes) is 2. The molecule has 128 valence electrons. The van der Waals surface area contributed by atoms with Crippen LogP contribution in [0.2, 0.25) is 0 Å². The maximum absolute atomic E-state index is 12.9. The molecule has 0 saturated carbocycles. The van der Waals surface area contributed by atoms with Crippen molar-refractivity contribution in [3.05, 3.63) is 35.6 Å². The van der Waals surface area contributed by atoms with Crippen molar-refractivity contribution in [1.82, 2.24) is 15.8 Å². The van der Waals surface area contributed by atoms with Crippen LogP contribution in [-0.4, -0.2) is 42.2 Å². The number of carboxylic acids is 1. The Kier molecular flexibility index (Phi) is 6.95. The van der Waals surface area contributed by atoms with Gasteiger partial charge in [0.15, 0.2) is 0 Å². The summed E-state index contributed by atoms with van der Waals surface area (Å²) >= 11 is 0. The Labute approximate surface area is 136 Å². The lowest BCUT2D eigenvalue weighted by Gasteiger charge is -2.14. The Morgan fingerprint density at radius 1 is 1.26 bits per heavy atom. The van der Waals surface area contributed by atoms with Gasteiger partial charge in [-0.2, -0.15) is 0 Å². The van der Waals surface area contributed by atoms with Crippen molar-refractivity contribution < 1.29 is 14.3 Å². The van der Waals surface area contributed by atoms with Crippen LogP contribution < -0.4 is 10.9 Å². The molecule has 1 saturated heterocycles. The topological polar surface area (TPSA) is 64.6 Å². The zero-order chi connectivity index (χ0) is 16.7. The zero-order valence-electron chi connectivity index (χ0n) is 13.6. The molecule has 0 spiro atoms. The maximum atomic E-state index is 12.9. The third-order valence-corrected chi connectivity index (χ3v) is 4.25. The molecule has 0 bridgehead atoms. The minimum atomic E-state index is -0.777. The summed E-state index contributed by atoms with van der Waals surface area (Å²) in [6, 6.07) is 7.32. The molecule has 0 aromatic heterocycles. The third-order valence-electron chi connectivity index (χ3n) is 4.25. The second-order valence-corrected chi connectivity index (χ2v) is 6.31. The lowest BCUT2D eigenvalue weighted by atomic mass is 9.99. The van der Waals surface area contributed by atoms with Crippen LogP contribution in [0.5, 0.6) is 0 Å². The summed E-state index contributed by atoms with van der Waals surface area (Å²) < 4.78 is 12.9. The number of nitrogens with one attached hydrogen (secondary N) is 2. The molecular weight excluding hydrogens is 297 g/mol. The van der Waals surface area contributed by atoms with Crippen molar-refractivity contribution in [3.63, 3.8) is 0 Å². The highest BCUT2D eigenvalue weighted by Crippen LogP contribution is 2.24. The zero-order valence-corrected chi connectivity index (χ0v) is 13.6. The fraction of sp³-hybridized carbons (Fsp3) is 0.588. The van der Waals surface area contributed by atoms with Crippen molar-refractivity contribution in [2.24, 2.45) is 0 Å². The first-order valence-corrected chi connectivity index (χ1v) is 8.21. The van der Waals surface area contributed by atoms with Crippen LogP contribution >= 0.6 is 0 Å². The van der Waals surface area contributed by atoms with E-state index in [9.17, 15) is 9.18 Å². The summed E-state index contributed by atoms with van der Waals surface area (Å²) in [5, 5.41) is 8.69. The van der Waals surface area contributed by atoms with E-state index in [1.165, 1.54) is 12.1 Å². The Hall–Kier alpha value is -1.50. The second-order valence-electron chi connectivity index (χ2n) is 6.31. The van der Waals surface area contributed by atoms with E-state index >= 15 is 0 Å². The van der Waals surface area contributed by atoms with E-state index in [2.05, 4.69) is 10.9 Å². The van der Waals surface area contributed by atoms with Crippen molar-refractivity contribution >= 4 is 5.97 Å². The standard InChI is InChI=1S/C17H26FN3O2/c1-21(12-17(22)23)10-4-2-3-5-15-11-16(20-19-15)13-6-8-14(18)9-7-13/h6-9,15-16,19-20H,2-5,10-12H2,1H3,(H,22,23). The number of hydrogen-bond acceptors (Lipinski definition) is 4. The Balaban J connectivity index is 1.59. The molecule has 1 heterocycles. The largest absolute Gasteiger partial charge is 0.480 e. The fourth-order valence-electron chi connectivity index (χ4n) is 2.98. The van der Waals surface area contributed by atoms with Gasteiger partial charge in [-0.05, 0) is 50.6 Å². The first kappa shape index (κ1) is 17.8. The summed E-state index contributed by atoms with van der Waals surface area (Å²) in [5.41, 5.74) is 7.70. The Bertz CT molecular complexity index is 495. The molecule has 2 unspecified atom stereocenters. The summed E-state index contributed by atoms with van der Waals surface area (Å²) in [5.74, 6) is -0.982. The molecule has 6 heteroatoms. The highest BCUT2D eigenvalue weighted by Gasteiger charge is 2.24. The highest BCUT2D eigenvalue weighted by atomic mass is 19.1. The Morgan fingerprint density at radius 3 is 2.70 bits per heavy atom. The van der Waals surface area contributed by atoms with Crippen LogP contribution in [0.3, 0.4) is 0 Å². The molecule has 1 aromatic rings. The molecule has 0 amide bonds. The summed E-state index contributed by atoms with van der Waals surface area (Å²) in [6.07, 6.45) is 5.34. The lowest BCUT2D eigenvalue weighted by molar-refractivity contribution is -0.137. The SMILES string of the molecule is CN(CCCCCC1CC(c2ccc(F)cc2)NN1)CC(=O)O. The molecule has 1 fully saturated rings. The smallest absolute Gasteiger partial charge is 0.317 e. The molecule has 23 heavy (non-hydrogen) atoms. The van der Waals surface area contributed by atoms with E-state index in [4.69, 9.17) is 5.11 Å². The first-order chi connectivity index (χ1) is 11.0. The van der Waals surface area contributed by atoms with Crippen LogP contribution in [0.15, 0.2) is 24.3 Å². The quantitative estimate of drug-likeness (QED) is 0.609. The van der Waals surface area contributed by atoms with Crippen LogP contribution in [-0.2, 0) is 4.79 Å². The van der Waals surface area contributed by atoms with Crippen LogP contribution in [0, 0.1) is 5.82 Å². The number of nitrogens with zero attached hydrogens (tertiary/aromatic N) is 1. The molecule has 3 N–H and O–H groups in total. The molecule has 0 radical (unpaired) electrons. The molecule has 2 atom stereocenters. The van der Waals surface area contributed by atoms with Gasteiger partial charge in [-0.1, -0.05) is 25.0 Å². The van der Waals surface area contributed by atoms with Gasteiger partial charge < -0.3 is 5.11 Å². The summed E-state index contributed by atoms with van der Waals surface area (Å²) in [4.78, 5) is 12.4. The fourth-order valence-corrected chi connectivity index (χ4v) is 2.98. The van der Waals surface area contributed by atoms with Gasteiger partial charge in [0.2, 0.25) is 0 Å². The first-order valence-electron chi connectivity index (χ1n) is 8.21. The molecule has 0 aliphatic carbocycles. The minimum absolute atomic E-state index is 0.105. The van der Waals surface area contributed by atoms with E-state index in [-0.39, 0.29) is 18.4 Å². The highest BCUT2D eigenvalue weighted by molar-refractivity contribution is 5.68. The predicted molar refractivity (Wildman–Crippen MR) is 87.4 cm³/mol. The summed E-state index contributed by atoms with van der Waals surface area (Å²) in [6.45, 7) is 0.925. The number of halogens is 1. The van der Waals surface area contributed by atoms with Crippen molar-refractivity contribution in [3.8, 4) is 0 Å². The number of hydrazine groups is 1. The number of carbonyl (C=O) groups is 1. The van der Waals surface area contributed by atoms with Gasteiger partial charge in [-0.3, -0.25) is 20.5 Å². The van der Waals surface area contributed by atoms with Gasteiger partial charge in [0.25, 0.3) is 0 Å². The monoisotopic (exact) mass is 323 g/mol. The van der Waals surface area contributed by atoms with E-state index in [0.29, 0.717) is 6.04 Å². The van der Waals surface area contributed by atoms with Gasteiger partial charge >= 0.3 is 5.97 Å². The molecule has 1 aliphatic rings. The van der Waals surface area contributed by atoms with Crippen molar-refractivity contribution in [2.45, 2.75) is 44.2 Å². The lowest BCUT2D eigenvalue weighted by Crippen LogP contribution is -2.30. The average molecular weight is 323 g/mol. The summed E-state index contributed by atoms with van der Waals surface area (Å²) in [7, 11) is 1.84. The molecular formula is C17H26FN3O2. The second kappa shape index (κ2) is 8.96. The van der Waals surface area contributed by atoms with Gasteiger partial charge in [0.1, 0.15) is 5.82 Å². The third kappa shape index (κ3) is 6.25. The van der Waals surface area contributed by atoms with E-state index in [1.807, 2.05) is 24.1 Å². The average Bonchev–Trinajstić information content (AvgIpc) is 2.95. The van der Waals surface area contributed by atoms with E-state index < -0.39 is 5.97 Å². The van der Waals surface area contributed by atoms with E-state index in [0.717, 1.165) is 44.2 Å². The van der Waals surface area contributed by atoms with Gasteiger partial charge in [-0.15, -0.1) is 0 Å². The number of aliphatic carboxylic acids is 1. The number of hydrogen-bond donors (Lipinski definition) is 3. The van der Waals surface area contributed by atoms with Crippen molar-refractivity contribution in [1.29, 1.82) is 0 Å². The van der Waals surface area contributed by atoms with Crippen LogP contribution in [0.4, 0.5) is 4.39 Å². The number of likely N-dealkylation sites (N-methyl/N-ethyl adjacent to an activating group) is 1. The van der Waals surface area contributed by atoms with Crippen LogP contribution in [0.25, 0.3) is 0 Å². The predicted octanol–water partition coefficient (Wildman–Crippen LogP) is 2.31. The minimum Gasteiger partial charge on any atom is -0.480 e. The van der Waals surface area contributed by atoms with E-state index in [1.54, 1.807) is 0 Å². The normalized spacial score (nSPS) is 21.0. The van der Waals surface area contributed by atoms with Crippen LogP contribution in [0.1, 0.15) is 43.7 Å². The van der Waals surface area contributed by atoms with Gasteiger partial charge in [0.05, 0.1) is 6.54 Å². The maximum Gasteiger partial charge on any atom is 0.317 e. The van der Waals surface area contributed by atoms with Gasteiger partial charge in [0, 0.05) is 12.1 Å². The Morgan fingerprint density at radius 2 is 2.00 bits per heavy atom. The number of carboxylic acid groups (broad SMARTS) is 1. The molecule has 1 aromatic carbocycles. The number of benzene rings is 1. The molecule has 5 nitrogen and oxygen atoms in total.